The van der Waals surface area contributed by atoms with Gasteiger partial charge in [0.25, 0.3) is 5.91 Å². The third-order valence-corrected chi connectivity index (χ3v) is 5.23. The van der Waals surface area contributed by atoms with Crippen molar-refractivity contribution in [2.45, 2.75) is 6.92 Å². The molecule has 26 heavy (non-hydrogen) atoms. The van der Waals surface area contributed by atoms with Crippen LogP contribution in [0.15, 0.2) is 48.5 Å². The second kappa shape index (κ2) is 7.05. The van der Waals surface area contributed by atoms with Crippen LogP contribution in [0.5, 0.6) is 0 Å². The molecule has 0 aliphatic carbocycles. The Balaban J connectivity index is 1.59. The number of benzene rings is 2. The van der Waals surface area contributed by atoms with Crippen LogP contribution in [0.3, 0.4) is 0 Å². The quantitative estimate of drug-likeness (QED) is 0.780. The number of carbonyl (C=O) groups excluding carboxylic acids is 1. The molecule has 0 spiro atoms. The van der Waals surface area contributed by atoms with Crippen LogP contribution in [0.25, 0.3) is 0 Å². The van der Waals surface area contributed by atoms with Crippen LogP contribution in [-0.2, 0) is 9.53 Å². The van der Waals surface area contributed by atoms with Gasteiger partial charge in [0, 0.05) is 24.5 Å². The van der Waals surface area contributed by atoms with E-state index in [-0.39, 0.29) is 12.5 Å². The van der Waals surface area contributed by atoms with Gasteiger partial charge in [-0.2, -0.15) is 0 Å². The molecule has 1 amide bonds. The minimum absolute atomic E-state index is 0.00360. The van der Waals surface area contributed by atoms with E-state index < -0.39 is 0 Å². The molecule has 0 unspecified atom stereocenters. The van der Waals surface area contributed by atoms with Crippen LogP contribution in [0.2, 0.25) is 0 Å². The molecule has 6 heteroatoms. The first-order valence-electron chi connectivity index (χ1n) is 8.78. The smallest absolute Gasteiger partial charge is 0.253 e. The Hall–Kier alpha value is -2.44. The molecule has 2 aromatic rings. The molecule has 2 saturated heterocycles. The Bertz CT molecular complexity index is 834. The average Bonchev–Trinajstić information content (AvgIpc) is 2.97. The lowest BCUT2D eigenvalue weighted by Crippen LogP contribution is -2.36. The van der Waals surface area contributed by atoms with Crippen LogP contribution in [-0.4, -0.2) is 43.9 Å². The molecule has 0 aromatic heterocycles. The van der Waals surface area contributed by atoms with Crippen molar-refractivity contribution in [3.63, 3.8) is 0 Å². The van der Waals surface area contributed by atoms with E-state index in [4.69, 9.17) is 17.0 Å². The second-order valence-corrected chi connectivity index (χ2v) is 6.87. The summed E-state index contributed by atoms with van der Waals surface area (Å²) in [6, 6.07) is 15.8. The molecule has 0 bridgehead atoms. The molecule has 5 nitrogen and oxygen atoms in total. The maximum atomic E-state index is 12.5. The molecule has 2 aliphatic rings. The van der Waals surface area contributed by atoms with Gasteiger partial charge in [-0.25, -0.2) is 0 Å². The summed E-state index contributed by atoms with van der Waals surface area (Å²) in [5.74, 6) is -0.00360. The number of para-hydroxylation sites is 1. The summed E-state index contributed by atoms with van der Waals surface area (Å²) in [6.45, 7) is 5.70. The number of rotatable bonds is 3. The van der Waals surface area contributed by atoms with E-state index in [1.165, 1.54) is 11.3 Å². The highest BCUT2D eigenvalue weighted by Crippen LogP contribution is 2.30. The average molecular weight is 367 g/mol. The number of hydrogen-bond acceptors (Lipinski definition) is 4. The summed E-state index contributed by atoms with van der Waals surface area (Å²) in [5, 5.41) is 0.528. The predicted octanol–water partition coefficient (Wildman–Crippen LogP) is 2.97. The standard InChI is InChI=1S/C20H21N3O2S/c1-15-13-17(7-8-18(15)21-9-11-25-12-10-21)22-14-19(24)23(20(22)26)16-5-3-2-4-6-16/h2-8,13H,9-12,14H2,1H3. The van der Waals surface area contributed by atoms with Crippen LogP contribution < -0.4 is 14.7 Å². The van der Waals surface area contributed by atoms with Gasteiger partial charge in [-0.05, 0) is 55.0 Å². The van der Waals surface area contributed by atoms with Gasteiger partial charge < -0.3 is 14.5 Å². The Morgan fingerprint density at radius 3 is 2.42 bits per heavy atom. The van der Waals surface area contributed by atoms with Gasteiger partial charge in [0.2, 0.25) is 0 Å². The summed E-state index contributed by atoms with van der Waals surface area (Å²) in [6.07, 6.45) is 0. The fraction of sp³-hybridized carbons (Fsp3) is 0.300. The molecular weight excluding hydrogens is 346 g/mol. The molecule has 2 heterocycles. The molecule has 0 atom stereocenters. The Morgan fingerprint density at radius 2 is 1.73 bits per heavy atom. The fourth-order valence-electron chi connectivity index (χ4n) is 3.50. The second-order valence-electron chi connectivity index (χ2n) is 6.50. The molecule has 0 N–H and O–H groups in total. The zero-order chi connectivity index (χ0) is 18.1. The van der Waals surface area contributed by atoms with Crippen LogP contribution in [0.4, 0.5) is 17.1 Å². The maximum Gasteiger partial charge on any atom is 0.253 e. The number of amides is 1. The van der Waals surface area contributed by atoms with Gasteiger partial charge in [-0.3, -0.25) is 9.69 Å². The van der Waals surface area contributed by atoms with Crippen LogP contribution >= 0.6 is 12.2 Å². The minimum atomic E-state index is -0.00360. The van der Waals surface area contributed by atoms with Crippen LogP contribution in [0, 0.1) is 6.92 Å². The van der Waals surface area contributed by atoms with Gasteiger partial charge in [0.05, 0.1) is 18.9 Å². The monoisotopic (exact) mass is 367 g/mol. The van der Waals surface area contributed by atoms with Crippen molar-refractivity contribution in [1.29, 1.82) is 0 Å². The lowest BCUT2D eigenvalue weighted by Gasteiger charge is -2.31. The molecule has 2 aromatic carbocycles. The van der Waals surface area contributed by atoms with Gasteiger partial charge in [0.15, 0.2) is 5.11 Å². The fourth-order valence-corrected chi connectivity index (χ4v) is 3.88. The summed E-state index contributed by atoms with van der Waals surface area (Å²) in [5.41, 5.74) is 4.16. The molecule has 4 rings (SSSR count). The van der Waals surface area contributed by atoms with Crippen molar-refractivity contribution in [3.05, 3.63) is 54.1 Å². The van der Waals surface area contributed by atoms with Gasteiger partial charge >= 0.3 is 0 Å². The summed E-state index contributed by atoms with van der Waals surface area (Å²) in [7, 11) is 0. The van der Waals surface area contributed by atoms with Gasteiger partial charge in [-0.1, -0.05) is 18.2 Å². The topological polar surface area (TPSA) is 36.0 Å². The SMILES string of the molecule is Cc1cc(N2CC(=O)N(c3ccccc3)C2=S)ccc1N1CCOCC1. The van der Waals surface area contributed by atoms with Gasteiger partial charge in [0.1, 0.15) is 6.54 Å². The Kier molecular flexibility index (Phi) is 4.61. The van der Waals surface area contributed by atoms with Crippen molar-refractivity contribution in [3.8, 4) is 0 Å². The molecule has 2 fully saturated rings. The van der Waals surface area contributed by atoms with Crippen molar-refractivity contribution in [1.82, 2.24) is 0 Å². The molecule has 0 saturated carbocycles. The number of thiocarbonyl (C=S) groups is 1. The van der Waals surface area contributed by atoms with Crippen molar-refractivity contribution < 1.29 is 9.53 Å². The number of aryl methyl sites for hydroxylation is 1. The summed E-state index contributed by atoms with van der Waals surface area (Å²) < 4.78 is 5.44. The minimum Gasteiger partial charge on any atom is -0.378 e. The number of hydrogen-bond donors (Lipinski definition) is 0. The van der Waals surface area contributed by atoms with Crippen molar-refractivity contribution in [2.75, 3.05) is 47.5 Å². The van der Waals surface area contributed by atoms with E-state index in [1.807, 2.05) is 41.3 Å². The van der Waals surface area contributed by atoms with E-state index in [0.717, 1.165) is 37.7 Å². The first-order chi connectivity index (χ1) is 12.6. The molecule has 0 radical (unpaired) electrons. The number of anilines is 3. The zero-order valence-electron chi connectivity index (χ0n) is 14.7. The first-order valence-corrected chi connectivity index (χ1v) is 9.19. The number of carbonyl (C=O) groups is 1. The summed E-state index contributed by atoms with van der Waals surface area (Å²) in [4.78, 5) is 18.4. The summed E-state index contributed by atoms with van der Waals surface area (Å²) >= 11 is 5.61. The number of morpholine rings is 1. The lowest BCUT2D eigenvalue weighted by molar-refractivity contribution is -0.115. The van der Waals surface area contributed by atoms with Crippen molar-refractivity contribution in [2.24, 2.45) is 0 Å². The van der Waals surface area contributed by atoms with E-state index in [1.54, 1.807) is 4.90 Å². The molecular formula is C20H21N3O2S. The number of ether oxygens (including phenoxy) is 1. The lowest BCUT2D eigenvalue weighted by atomic mass is 10.1. The normalized spacial score (nSPS) is 18.0. The highest BCUT2D eigenvalue weighted by Gasteiger charge is 2.34. The highest BCUT2D eigenvalue weighted by molar-refractivity contribution is 7.81. The third kappa shape index (κ3) is 3.06. The zero-order valence-corrected chi connectivity index (χ0v) is 15.5. The van der Waals surface area contributed by atoms with Crippen molar-refractivity contribution >= 4 is 40.3 Å². The van der Waals surface area contributed by atoms with E-state index in [9.17, 15) is 4.79 Å². The molecule has 134 valence electrons. The Morgan fingerprint density at radius 1 is 1.00 bits per heavy atom. The van der Waals surface area contributed by atoms with E-state index >= 15 is 0 Å². The molecule has 2 aliphatic heterocycles. The van der Waals surface area contributed by atoms with E-state index in [2.05, 4.69) is 24.0 Å². The third-order valence-electron chi connectivity index (χ3n) is 4.82. The first kappa shape index (κ1) is 17.0. The Labute approximate surface area is 158 Å². The largest absolute Gasteiger partial charge is 0.378 e. The van der Waals surface area contributed by atoms with Gasteiger partial charge in [-0.15, -0.1) is 0 Å². The highest BCUT2D eigenvalue weighted by atomic mass is 32.1. The van der Waals surface area contributed by atoms with E-state index in [0.29, 0.717) is 5.11 Å². The maximum absolute atomic E-state index is 12.5. The van der Waals surface area contributed by atoms with Crippen LogP contribution in [0.1, 0.15) is 5.56 Å². The number of nitrogens with zero attached hydrogens (tertiary/aromatic N) is 3. The predicted molar refractivity (Wildman–Crippen MR) is 108 cm³/mol.